The van der Waals surface area contributed by atoms with E-state index in [-0.39, 0.29) is 0 Å². The fraction of sp³-hybridized carbons (Fsp3) is 0.786. The van der Waals surface area contributed by atoms with E-state index in [1.54, 1.807) is 11.3 Å². The SMILES string of the molecule is CNC1CCC(C(C)C)CC1Cc1cncs1. The zero-order chi connectivity index (χ0) is 12.3. The highest BCUT2D eigenvalue weighted by molar-refractivity contribution is 7.09. The van der Waals surface area contributed by atoms with Gasteiger partial charge in [-0.3, -0.25) is 4.98 Å². The molecule has 1 saturated carbocycles. The molecule has 1 aliphatic carbocycles. The van der Waals surface area contributed by atoms with Gasteiger partial charge in [-0.15, -0.1) is 11.3 Å². The van der Waals surface area contributed by atoms with Crippen molar-refractivity contribution in [2.24, 2.45) is 17.8 Å². The highest BCUT2D eigenvalue weighted by Gasteiger charge is 2.31. The average molecular weight is 252 g/mol. The minimum Gasteiger partial charge on any atom is -0.317 e. The summed E-state index contributed by atoms with van der Waals surface area (Å²) in [6, 6.07) is 0.701. The summed E-state index contributed by atoms with van der Waals surface area (Å²) in [5, 5.41) is 3.51. The quantitative estimate of drug-likeness (QED) is 0.889. The zero-order valence-electron chi connectivity index (χ0n) is 11.1. The van der Waals surface area contributed by atoms with E-state index in [9.17, 15) is 0 Å². The topological polar surface area (TPSA) is 24.9 Å². The summed E-state index contributed by atoms with van der Waals surface area (Å²) < 4.78 is 0. The van der Waals surface area contributed by atoms with E-state index in [1.165, 1.54) is 30.6 Å². The summed E-state index contributed by atoms with van der Waals surface area (Å²) in [4.78, 5) is 5.63. The first kappa shape index (κ1) is 13.0. The monoisotopic (exact) mass is 252 g/mol. The molecule has 3 atom stereocenters. The van der Waals surface area contributed by atoms with E-state index in [1.807, 2.05) is 11.7 Å². The number of nitrogens with zero attached hydrogens (tertiary/aromatic N) is 1. The third-order valence-electron chi connectivity index (χ3n) is 4.28. The molecule has 3 heteroatoms. The molecule has 1 N–H and O–H groups in total. The summed E-state index contributed by atoms with van der Waals surface area (Å²) in [5.74, 6) is 2.54. The highest BCUT2D eigenvalue weighted by Crippen LogP contribution is 2.35. The molecular weight excluding hydrogens is 228 g/mol. The van der Waals surface area contributed by atoms with Gasteiger partial charge in [0.05, 0.1) is 5.51 Å². The number of aromatic nitrogens is 1. The molecule has 1 aliphatic rings. The molecule has 1 fully saturated rings. The summed E-state index contributed by atoms with van der Waals surface area (Å²) in [7, 11) is 2.11. The lowest BCUT2D eigenvalue weighted by Gasteiger charge is -2.37. The van der Waals surface area contributed by atoms with E-state index >= 15 is 0 Å². The van der Waals surface area contributed by atoms with E-state index in [4.69, 9.17) is 0 Å². The molecule has 3 unspecified atom stereocenters. The number of rotatable bonds is 4. The molecule has 2 rings (SSSR count). The van der Waals surface area contributed by atoms with Crippen molar-refractivity contribution >= 4 is 11.3 Å². The Morgan fingerprint density at radius 3 is 2.88 bits per heavy atom. The van der Waals surface area contributed by atoms with Crippen molar-refractivity contribution in [2.75, 3.05) is 7.05 Å². The van der Waals surface area contributed by atoms with Crippen molar-refractivity contribution in [3.8, 4) is 0 Å². The number of hydrogen-bond acceptors (Lipinski definition) is 3. The molecule has 96 valence electrons. The molecule has 1 aromatic heterocycles. The Labute approximate surface area is 109 Å². The summed E-state index contributed by atoms with van der Waals surface area (Å²) in [6.07, 6.45) is 7.35. The average Bonchev–Trinajstić information content (AvgIpc) is 2.81. The van der Waals surface area contributed by atoms with Crippen LogP contribution in [0, 0.1) is 17.8 Å². The van der Waals surface area contributed by atoms with Crippen LogP contribution in [-0.2, 0) is 6.42 Å². The summed E-state index contributed by atoms with van der Waals surface area (Å²) >= 11 is 1.80. The lowest BCUT2D eigenvalue weighted by atomic mass is 9.72. The molecule has 1 aromatic rings. The first-order valence-corrected chi connectivity index (χ1v) is 7.63. The van der Waals surface area contributed by atoms with Crippen LogP contribution < -0.4 is 5.32 Å². The molecule has 0 bridgehead atoms. The maximum Gasteiger partial charge on any atom is 0.0794 e. The Morgan fingerprint density at radius 2 is 2.29 bits per heavy atom. The van der Waals surface area contributed by atoms with Crippen molar-refractivity contribution in [1.29, 1.82) is 0 Å². The fourth-order valence-electron chi connectivity index (χ4n) is 3.11. The molecule has 2 nitrogen and oxygen atoms in total. The molecule has 0 saturated heterocycles. The number of hydrogen-bond donors (Lipinski definition) is 1. The number of nitrogens with one attached hydrogen (secondary N) is 1. The van der Waals surface area contributed by atoms with Gasteiger partial charge < -0.3 is 5.32 Å². The van der Waals surface area contributed by atoms with Gasteiger partial charge in [0, 0.05) is 17.1 Å². The zero-order valence-corrected chi connectivity index (χ0v) is 12.0. The van der Waals surface area contributed by atoms with Crippen LogP contribution in [0.1, 0.15) is 38.0 Å². The molecule has 0 aromatic carbocycles. The molecule has 1 heterocycles. The Kier molecular flexibility index (Phi) is 4.57. The van der Waals surface area contributed by atoms with Crippen molar-refractivity contribution < 1.29 is 0 Å². The van der Waals surface area contributed by atoms with Crippen molar-refractivity contribution in [2.45, 2.75) is 45.6 Å². The van der Waals surface area contributed by atoms with Crippen LogP contribution in [0.25, 0.3) is 0 Å². The maximum absolute atomic E-state index is 4.19. The van der Waals surface area contributed by atoms with Gasteiger partial charge in [-0.2, -0.15) is 0 Å². The van der Waals surface area contributed by atoms with Crippen molar-refractivity contribution in [3.05, 3.63) is 16.6 Å². The van der Waals surface area contributed by atoms with Gasteiger partial charge in [-0.25, -0.2) is 0 Å². The van der Waals surface area contributed by atoms with E-state index in [0.717, 1.165) is 17.8 Å². The summed E-state index contributed by atoms with van der Waals surface area (Å²) in [6.45, 7) is 4.74. The van der Waals surface area contributed by atoms with E-state index in [2.05, 4.69) is 31.2 Å². The van der Waals surface area contributed by atoms with Crippen LogP contribution in [0.3, 0.4) is 0 Å². The standard InChI is InChI=1S/C14H24N2S/c1-10(2)11-4-5-14(15-3)12(6-11)7-13-8-16-9-17-13/h8-12,14-15H,4-7H2,1-3H3. The molecule has 0 amide bonds. The molecular formula is C14H24N2S. The third-order valence-corrected chi connectivity index (χ3v) is 5.09. The van der Waals surface area contributed by atoms with Gasteiger partial charge in [0.25, 0.3) is 0 Å². The lowest BCUT2D eigenvalue weighted by Crippen LogP contribution is -2.40. The second-order valence-corrected chi connectivity index (χ2v) is 6.62. The molecule has 0 aliphatic heterocycles. The Bertz CT molecular complexity index is 321. The van der Waals surface area contributed by atoms with E-state index < -0.39 is 0 Å². The van der Waals surface area contributed by atoms with Gasteiger partial charge in [0.2, 0.25) is 0 Å². The van der Waals surface area contributed by atoms with Crippen LogP contribution in [0.4, 0.5) is 0 Å². The predicted molar refractivity (Wildman–Crippen MR) is 74.3 cm³/mol. The van der Waals surface area contributed by atoms with Gasteiger partial charge in [-0.1, -0.05) is 13.8 Å². The van der Waals surface area contributed by atoms with E-state index in [0.29, 0.717) is 6.04 Å². The highest BCUT2D eigenvalue weighted by atomic mass is 32.1. The Balaban J connectivity index is 1.99. The van der Waals surface area contributed by atoms with Crippen molar-refractivity contribution in [1.82, 2.24) is 10.3 Å². The first-order valence-electron chi connectivity index (χ1n) is 6.75. The first-order chi connectivity index (χ1) is 8.20. The Hall–Kier alpha value is -0.410. The molecule has 0 radical (unpaired) electrons. The second kappa shape index (κ2) is 5.96. The van der Waals surface area contributed by atoms with Crippen LogP contribution in [0.15, 0.2) is 11.7 Å². The van der Waals surface area contributed by atoms with Gasteiger partial charge in [-0.05, 0) is 50.5 Å². The Morgan fingerprint density at radius 1 is 1.47 bits per heavy atom. The van der Waals surface area contributed by atoms with Crippen molar-refractivity contribution in [3.63, 3.8) is 0 Å². The van der Waals surface area contributed by atoms with Gasteiger partial charge in [0.15, 0.2) is 0 Å². The van der Waals surface area contributed by atoms with Gasteiger partial charge in [0.1, 0.15) is 0 Å². The second-order valence-electron chi connectivity index (χ2n) is 5.64. The van der Waals surface area contributed by atoms with Gasteiger partial charge >= 0.3 is 0 Å². The van der Waals surface area contributed by atoms with Crippen LogP contribution in [0.2, 0.25) is 0 Å². The van der Waals surface area contributed by atoms with Crippen LogP contribution in [-0.4, -0.2) is 18.1 Å². The summed E-state index contributed by atoms with van der Waals surface area (Å²) in [5.41, 5.74) is 1.95. The number of thiazole rings is 1. The predicted octanol–water partition coefficient (Wildman–Crippen LogP) is 3.35. The van der Waals surface area contributed by atoms with Crippen LogP contribution >= 0.6 is 11.3 Å². The lowest BCUT2D eigenvalue weighted by molar-refractivity contribution is 0.173. The molecule has 17 heavy (non-hydrogen) atoms. The largest absolute Gasteiger partial charge is 0.317 e. The fourth-order valence-corrected chi connectivity index (χ4v) is 3.80. The third kappa shape index (κ3) is 3.29. The van der Waals surface area contributed by atoms with Crippen LogP contribution in [0.5, 0.6) is 0 Å². The smallest absolute Gasteiger partial charge is 0.0794 e. The minimum atomic E-state index is 0.701. The normalized spacial score (nSPS) is 29.8. The molecule has 0 spiro atoms. The minimum absolute atomic E-state index is 0.701. The maximum atomic E-state index is 4.19.